The number of amides is 1. The molecule has 6 heteroatoms. The molecule has 118 valence electrons. The molecule has 0 radical (unpaired) electrons. The molecule has 0 bridgehead atoms. The molecule has 0 aromatic heterocycles. The molecule has 0 saturated carbocycles. The third-order valence-electron chi connectivity index (χ3n) is 3.28. The van der Waals surface area contributed by atoms with Gasteiger partial charge in [0.15, 0.2) is 0 Å². The molecular formula is C15H22ClFN2O2. The summed E-state index contributed by atoms with van der Waals surface area (Å²) in [5.41, 5.74) is 0.213. The average molecular weight is 317 g/mol. The lowest BCUT2D eigenvalue weighted by molar-refractivity contribution is -0.120. The van der Waals surface area contributed by atoms with Crippen LogP contribution in [0.15, 0.2) is 18.2 Å². The zero-order chi connectivity index (χ0) is 14.5. The van der Waals surface area contributed by atoms with Crippen molar-refractivity contribution in [3.63, 3.8) is 0 Å². The lowest BCUT2D eigenvalue weighted by Gasteiger charge is -2.22. The summed E-state index contributed by atoms with van der Waals surface area (Å²) >= 11 is 0. The first kappa shape index (κ1) is 17.7. The SMILES string of the molecule is CC(C)Oc1ccc(NC(=O)C2CCNCC2)c(F)c1.Cl. The van der Waals surface area contributed by atoms with Crippen LogP contribution in [0, 0.1) is 11.7 Å². The van der Waals surface area contributed by atoms with Gasteiger partial charge in [0.2, 0.25) is 5.91 Å². The van der Waals surface area contributed by atoms with E-state index in [0.717, 1.165) is 25.9 Å². The minimum Gasteiger partial charge on any atom is -0.491 e. The van der Waals surface area contributed by atoms with Crippen molar-refractivity contribution in [3.8, 4) is 5.75 Å². The Morgan fingerprint density at radius 1 is 1.38 bits per heavy atom. The fraction of sp³-hybridized carbons (Fsp3) is 0.533. The van der Waals surface area contributed by atoms with Crippen LogP contribution in [-0.2, 0) is 4.79 Å². The van der Waals surface area contributed by atoms with E-state index in [1.54, 1.807) is 12.1 Å². The molecule has 0 unspecified atom stereocenters. The molecule has 21 heavy (non-hydrogen) atoms. The van der Waals surface area contributed by atoms with Gasteiger partial charge in [-0.3, -0.25) is 4.79 Å². The summed E-state index contributed by atoms with van der Waals surface area (Å²) in [7, 11) is 0. The van der Waals surface area contributed by atoms with E-state index in [4.69, 9.17) is 4.74 Å². The van der Waals surface area contributed by atoms with Crippen LogP contribution in [-0.4, -0.2) is 25.1 Å². The number of halogens is 2. The summed E-state index contributed by atoms with van der Waals surface area (Å²) in [6, 6.07) is 4.52. The number of benzene rings is 1. The summed E-state index contributed by atoms with van der Waals surface area (Å²) in [5.74, 6) is -0.145. The monoisotopic (exact) mass is 316 g/mol. The summed E-state index contributed by atoms with van der Waals surface area (Å²) in [6.45, 7) is 5.43. The lowest BCUT2D eigenvalue weighted by Crippen LogP contribution is -2.34. The molecule has 1 heterocycles. The largest absolute Gasteiger partial charge is 0.491 e. The van der Waals surface area contributed by atoms with Gasteiger partial charge < -0.3 is 15.4 Å². The minimum absolute atomic E-state index is 0. The van der Waals surface area contributed by atoms with Gasteiger partial charge in [-0.25, -0.2) is 4.39 Å². The maximum absolute atomic E-state index is 13.9. The average Bonchev–Trinajstić information content (AvgIpc) is 2.42. The van der Waals surface area contributed by atoms with E-state index in [9.17, 15) is 9.18 Å². The number of rotatable bonds is 4. The number of hydrogen-bond acceptors (Lipinski definition) is 3. The molecule has 1 amide bonds. The second-order valence-electron chi connectivity index (χ2n) is 5.32. The highest BCUT2D eigenvalue weighted by Crippen LogP contribution is 2.23. The first-order chi connectivity index (χ1) is 9.56. The van der Waals surface area contributed by atoms with Gasteiger partial charge in [-0.15, -0.1) is 12.4 Å². The normalized spacial score (nSPS) is 15.4. The Labute approximate surface area is 130 Å². The molecule has 1 saturated heterocycles. The third-order valence-corrected chi connectivity index (χ3v) is 3.28. The first-order valence-corrected chi connectivity index (χ1v) is 7.04. The van der Waals surface area contributed by atoms with Crippen molar-refractivity contribution in [2.24, 2.45) is 5.92 Å². The van der Waals surface area contributed by atoms with E-state index in [0.29, 0.717) is 5.75 Å². The molecule has 1 fully saturated rings. The van der Waals surface area contributed by atoms with Gasteiger partial charge in [-0.1, -0.05) is 0 Å². The fourth-order valence-electron chi connectivity index (χ4n) is 2.26. The van der Waals surface area contributed by atoms with Gasteiger partial charge in [-0.05, 0) is 51.9 Å². The van der Waals surface area contributed by atoms with Gasteiger partial charge in [-0.2, -0.15) is 0 Å². The highest BCUT2D eigenvalue weighted by atomic mass is 35.5. The van der Waals surface area contributed by atoms with Crippen molar-refractivity contribution in [1.82, 2.24) is 5.32 Å². The highest BCUT2D eigenvalue weighted by Gasteiger charge is 2.21. The van der Waals surface area contributed by atoms with E-state index in [2.05, 4.69) is 10.6 Å². The Kier molecular flexibility index (Phi) is 6.92. The predicted octanol–water partition coefficient (Wildman–Crippen LogP) is 2.97. The maximum atomic E-state index is 13.9. The Balaban J connectivity index is 0.00000220. The molecule has 1 aliphatic rings. The molecule has 2 N–H and O–H groups in total. The van der Waals surface area contributed by atoms with Crippen molar-refractivity contribution in [1.29, 1.82) is 0 Å². The van der Waals surface area contributed by atoms with Gasteiger partial charge in [0.25, 0.3) is 0 Å². The number of ether oxygens (including phenoxy) is 1. The van der Waals surface area contributed by atoms with Crippen molar-refractivity contribution in [2.45, 2.75) is 32.8 Å². The summed E-state index contributed by atoms with van der Waals surface area (Å²) in [4.78, 5) is 12.0. The zero-order valence-corrected chi connectivity index (χ0v) is 13.1. The smallest absolute Gasteiger partial charge is 0.227 e. The predicted molar refractivity (Wildman–Crippen MR) is 83.6 cm³/mol. The third kappa shape index (κ3) is 5.17. The van der Waals surface area contributed by atoms with Crippen molar-refractivity contribution >= 4 is 24.0 Å². The molecule has 1 aromatic carbocycles. The molecule has 0 spiro atoms. The molecule has 4 nitrogen and oxygen atoms in total. The van der Waals surface area contributed by atoms with Crippen LogP contribution in [0.1, 0.15) is 26.7 Å². The number of nitrogens with one attached hydrogen (secondary N) is 2. The van der Waals surface area contributed by atoms with Gasteiger partial charge >= 0.3 is 0 Å². The molecule has 1 aromatic rings. The minimum atomic E-state index is -0.467. The van der Waals surface area contributed by atoms with E-state index in [1.165, 1.54) is 6.07 Å². The molecule has 1 aliphatic heterocycles. The topological polar surface area (TPSA) is 50.4 Å². The van der Waals surface area contributed by atoms with Crippen LogP contribution in [0.3, 0.4) is 0 Å². The fourth-order valence-corrected chi connectivity index (χ4v) is 2.26. The van der Waals surface area contributed by atoms with Gasteiger partial charge in [0, 0.05) is 12.0 Å². The number of carbonyl (C=O) groups is 1. The van der Waals surface area contributed by atoms with Crippen molar-refractivity contribution in [2.75, 3.05) is 18.4 Å². The van der Waals surface area contributed by atoms with Crippen LogP contribution < -0.4 is 15.4 Å². The summed E-state index contributed by atoms with van der Waals surface area (Å²) in [6.07, 6.45) is 1.58. The van der Waals surface area contributed by atoms with E-state index in [-0.39, 0.29) is 36.0 Å². The van der Waals surface area contributed by atoms with Crippen LogP contribution in [0.4, 0.5) is 10.1 Å². The molecule has 0 atom stereocenters. The number of hydrogen-bond donors (Lipinski definition) is 2. The van der Waals surface area contributed by atoms with Crippen LogP contribution in [0.25, 0.3) is 0 Å². The quantitative estimate of drug-likeness (QED) is 0.898. The van der Waals surface area contributed by atoms with Crippen molar-refractivity contribution in [3.05, 3.63) is 24.0 Å². The van der Waals surface area contributed by atoms with Crippen LogP contribution >= 0.6 is 12.4 Å². The standard InChI is InChI=1S/C15H21FN2O2.ClH/c1-10(2)20-12-3-4-14(13(16)9-12)18-15(19)11-5-7-17-8-6-11;/h3-4,9-11,17H,5-8H2,1-2H3,(H,18,19);1H. The number of anilines is 1. The molecular weight excluding hydrogens is 295 g/mol. The van der Waals surface area contributed by atoms with E-state index in [1.807, 2.05) is 13.8 Å². The molecule has 0 aliphatic carbocycles. The second-order valence-corrected chi connectivity index (χ2v) is 5.32. The van der Waals surface area contributed by atoms with Gasteiger partial charge in [0.05, 0.1) is 11.8 Å². The number of carbonyl (C=O) groups excluding carboxylic acids is 1. The lowest BCUT2D eigenvalue weighted by atomic mass is 9.97. The summed E-state index contributed by atoms with van der Waals surface area (Å²) in [5, 5.41) is 5.86. The van der Waals surface area contributed by atoms with Crippen LogP contribution in [0.5, 0.6) is 5.75 Å². The van der Waals surface area contributed by atoms with E-state index < -0.39 is 5.82 Å². The Morgan fingerprint density at radius 3 is 2.62 bits per heavy atom. The summed E-state index contributed by atoms with van der Waals surface area (Å²) < 4.78 is 19.3. The number of piperidine rings is 1. The Hall–Kier alpha value is -1.33. The van der Waals surface area contributed by atoms with E-state index >= 15 is 0 Å². The van der Waals surface area contributed by atoms with Crippen LogP contribution in [0.2, 0.25) is 0 Å². The highest BCUT2D eigenvalue weighted by molar-refractivity contribution is 5.92. The maximum Gasteiger partial charge on any atom is 0.227 e. The second kappa shape index (κ2) is 8.20. The first-order valence-electron chi connectivity index (χ1n) is 7.04. The Bertz CT molecular complexity index is 477. The molecule has 2 rings (SSSR count). The Morgan fingerprint density at radius 2 is 2.05 bits per heavy atom. The van der Waals surface area contributed by atoms with Gasteiger partial charge in [0.1, 0.15) is 11.6 Å². The van der Waals surface area contributed by atoms with Crippen molar-refractivity contribution < 1.29 is 13.9 Å². The zero-order valence-electron chi connectivity index (χ0n) is 12.3.